The third-order valence-electron chi connectivity index (χ3n) is 1.87. The smallest absolute Gasteiger partial charge is 0.175 e. The van der Waals surface area contributed by atoms with Crippen molar-refractivity contribution in [1.82, 2.24) is 0 Å². The van der Waals surface area contributed by atoms with Gasteiger partial charge in [-0.15, -0.1) is 0 Å². The fourth-order valence-electron chi connectivity index (χ4n) is 1.04. The van der Waals surface area contributed by atoms with E-state index < -0.39 is 15.9 Å². The van der Waals surface area contributed by atoms with Crippen LogP contribution in [0.2, 0.25) is 0 Å². The minimum atomic E-state index is -3.15. The topological polar surface area (TPSA) is 54.4 Å². The quantitative estimate of drug-likeness (QED) is 0.766. The molecule has 1 aromatic rings. The molecule has 0 aliphatic rings. The second-order valence-corrected chi connectivity index (χ2v) is 5.42. The number of thiol groups is 1. The van der Waals surface area contributed by atoms with E-state index in [2.05, 4.69) is 12.6 Å². The van der Waals surface area contributed by atoms with Gasteiger partial charge in [0, 0.05) is 12.0 Å². The average Bonchev–Trinajstić information content (AvgIpc) is 2.15. The summed E-state index contributed by atoms with van der Waals surface area (Å²) < 4.78 is 22.2. The zero-order chi connectivity index (χ0) is 10.8. The molecule has 1 rings (SSSR count). The van der Waals surface area contributed by atoms with Crippen LogP contribution in [0.4, 0.5) is 0 Å². The number of rotatable bonds is 3. The van der Waals surface area contributed by atoms with Gasteiger partial charge in [-0.3, -0.25) is 0 Å². The van der Waals surface area contributed by atoms with Crippen LogP contribution in [0.15, 0.2) is 29.2 Å². The summed E-state index contributed by atoms with van der Waals surface area (Å²) in [5.74, 6) is 0.318. The number of benzene rings is 1. The van der Waals surface area contributed by atoms with Gasteiger partial charge < -0.3 is 5.11 Å². The summed E-state index contributed by atoms with van der Waals surface area (Å²) >= 11 is 3.94. The predicted octanol–water partition coefficient (Wildman–Crippen LogP) is 1.05. The van der Waals surface area contributed by atoms with Gasteiger partial charge in [-0.2, -0.15) is 12.6 Å². The summed E-state index contributed by atoms with van der Waals surface area (Å²) in [6.45, 7) is 0. The van der Waals surface area contributed by atoms with Crippen LogP contribution in [-0.2, 0) is 9.84 Å². The van der Waals surface area contributed by atoms with E-state index >= 15 is 0 Å². The first-order valence-electron chi connectivity index (χ1n) is 4.04. The first-order chi connectivity index (χ1) is 6.45. The highest BCUT2D eigenvalue weighted by molar-refractivity contribution is 7.90. The Bertz CT molecular complexity index is 395. The zero-order valence-electron chi connectivity index (χ0n) is 7.71. The monoisotopic (exact) mass is 232 g/mol. The second-order valence-electron chi connectivity index (χ2n) is 3.04. The Hall–Kier alpha value is -0.520. The second kappa shape index (κ2) is 4.33. The molecule has 0 bridgehead atoms. The predicted molar refractivity (Wildman–Crippen MR) is 58.4 cm³/mol. The fraction of sp³-hybridized carbons (Fsp3) is 0.333. The van der Waals surface area contributed by atoms with E-state index in [-0.39, 0.29) is 4.90 Å². The average molecular weight is 232 g/mol. The molecule has 0 fully saturated rings. The zero-order valence-corrected chi connectivity index (χ0v) is 9.42. The number of hydrogen-bond donors (Lipinski definition) is 2. The first-order valence-corrected chi connectivity index (χ1v) is 6.56. The van der Waals surface area contributed by atoms with Crippen LogP contribution >= 0.6 is 12.6 Å². The van der Waals surface area contributed by atoms with Gasteiger partial charge in [0.25, 0.3) is 0 Å². The lowest BCUT2D eigenvalue weighted by molar-refractivity contribution is 0.204. The van der Waals surface area contributed by atoms with E-state index in [1.165, 1.54) is 12.1 Å². The molecule has 5 heteroatoms. The van der Waals surface area contributed by atoms with Gasteiger partial charge in [-0.1, -0.05) is 12.1 Å². The molecule has 0 aliphatic carbocycles. The molecule has 0 aliphatic heterocycles. The van der Waals surface area contributed by atoms with Crippen molar-refractivity contribution < 1.29 is 13.5 Å². The summed E-state index contributed by atoms with van der Waals surface area (Å²) in [7, 11) is -3.15. The van der Waals surface area contributed by atoms with Crippen molar-refractivity contribution in [3.8, 4) is 0 Å². The molecule has 0 saturated carbocycles. The van der Waals surface area contributed by atoms with E-state index in [0.29, 0.717) is 11.3 Å². The Morgan fingerprint density at radius 2 is 1.86 bits per heavy atom. The minimum absolute atomic E-state index is 0.257. The molecular formula is C9H12O3S2. The van der Waals surface area contributed by atoms with Crippen molar-refractivity contribution in [2.75, 3.05) is 12.0 Å². The lowest BCUT2D eigenvalue weighted by Crippen LogP contribution is -2.01. The van der Waals surface area contributed by atoms with Crippen LogP contribution in [0.3, 0.4) is 0 Å². The molecule has 0 amide bonds. The summed E-state index contributed by atoms with van der Waals surface area (Å²) in [4.78, 5) is 0.257. The third-order valence-corrected chi connectivity index (χ3v) is 3.34. The Balaban J connectivity index is 3.01. The number of sulfone groups is 1. The SMILES string of the molecule is CS(=O)(=O)c1ccc(C(O)CS)cc1. The Morgan fingerprint density at radius 1 is 1.36 bits per heavy atom. The maximum Gasteiger partial charge on any atom is 0.175 e. The number of aliphatic hydroxyl groups is 1. The van der Waals surface area contributed by atoms with Crippen molar-refractivity contribution in [2.45, 2.75) is 11.0 Å². The van der Waals surface area contributed by atoms with Crippen LogP contribution in [0.25, 0.3) is 0 Å². The Kier molecular flexibility index (Phi) is 3.58. The van der Waals surface area contributed by atoms with Gasteiger partial charge in [0.1, 0.15) is 0 Å². The van der Waals surface area contributed by atoms with Crippen molar-refractivity contribution in [1.29, 1.82) is 0 Å². The highest BCUT2D eigenvalue weighted by atomic mass is 32.2. The van der Waals surface area contributed by atoms with Crippen LogP contribution in [-0.4, -0.2) is 25.5 Å². The molecule has 1 atom stereocenters. The van der Waals surface area contributed by atoms with E-state index in [4.69, 9.17) is 0 Å². The largest absolute Gasteiger partial charge is 0.388 e. The normalized spacial score (nSPS) is 13.9. The third kappa shape index (κ3) is 2.73. The number of aliphatic hydroxyl groups excluding tert-OH is 1. The maximum atomic E-state index is 11.1. The van der Waals surface area contributed by atoms with Crippen LogP contribution in [0.1, 0.15) is 11.7 Å². The molecule has 0 radical (unpaired) electrons. The van der Waals surface area contributed by atoms with Gasteiger partial charge in [0.2, 0.25) is 0 Å². The summed E-state index contributed by atoms with van der Waals surface area (Å²) in [5, 5.41) is 9.40. The lowest BCUT2D eigenvalue weighted by atomic mass is 10.1. The van der Waals surface area contributed by atoms with Crippen molar-refractivity contribution in [3.05, 3.63) is 29.8 Å². The Morgan fingerprint density at radius 3 is 2.21 bits per heavy atom. The van der Waals surface area contributed by atoms with E-state index in [0.717, 1.165) is 6.26 Å². The number of hydrogen-bond acceptors (Lipinski definition) is 4. The van der Waals surface area contributed by atoms with Gasteiger partial charge in [0.05, 0.1) is 11.0 Å². The first kappa shape index (κ1) is 11.6. The molecular weight excluding hydrogens is 220 g/mol. The molecule has 1 aromatic carbocycles. The fourth-order valence-corrected chi connectivity index (χ4v) is 1.88. The summed E-state index contributed by atoms with van der Waals surface area (Å²) in [6.07, 6.45) is 0.503. The minimum Gasteiger partial charge on any atom is -0.388 e. The van der Waals surface area contributed by atoms with Crippen molar-refractivity contribution in [3.63, 3.8) is 0 Å². The molecule has 78 valence electrons. The molecule has 14 heavy (non-hydrogen) atoms. The Labute approximate surface area is 89.1 Å². The highest BCUT2D eigenvalue weighted by Gasteiger charge is 2.09. The van der Waals surface area contributed by atoms with E-state index in [1.54, 1.807) is 12.1 Å². The molecule has 0 heterocycles. The van der Waals surface area contributed by atoms with Crippen LogP contribution in [0, 0.1) is 0 Å². The highest BCUT2D eigenvalue weighted by Crippen LogP contribution is 2.16. The van der Waals surface area contributed by atoms with Gasteiger partial charge in [0.15, 0.2) is 9.84 Å². The molecule has 0 spiro atoms. The summed E-state index contributed by atoms with van der Waals surface area (Å²) in [5.41, 5.74) is 0.674. The van der Waals surface area contributed by atoms with Crippen molar-refractivity contribution in [2.24, 2.45) is 0 Å². The molecule has 1 unspecified atom stereocenters. The molecule has 3 nitrogen and oxygen atoms in total. The van der Waals surface area contributed by atoms with Crippen LogP contribution in [0.5, 0.6) is 0 Å². The summed E-state index contributed by atoms with van der Waals surface area (Å²) in [6, 6.07) is 6.16. The molecule has 0 aromatic heterocycles. The standard InChI is InChI=1S/C9H12O3S2/c1-14(11,12)8-4-2-7(3-5-8)9(10)6-13/h2-5,9-10,13H,6H2,1H3. The maximum absolute atomic E-state index is 11.1. The van der Waals surface area contributed by atoms with Gasteiger partial charge in [-0.25, -0.2) is 8.42 Å². The van der Waals surface area contributed by atoms with Gasteiger partial charge in [-0.05, 0) is 17.7 Å². The van der Waals surface area contributed by atoms with E-state index in [9.17, 15) is 13.5 Å². The molecule has 1 N–H and O–H groups in total. The van der Waals surface area contributed by atoms with Crippen LogP contribution < -0.4 is 0 Å². The van der Waals surface area contributed by atoms with Crippen molar-refractivity contribution >= 4 is 22.5 Å². The van der Waals surface area contributed by atoms with E-state index in [1.807, 2.05) is 0 Å². The van der Waals surface area contributed by atoms with Gasteiger partial charge >= 0.3 is 0 Å². The lowest BCUT2D eigenvalue weighted by Gasteiger charge is -2.07. The molecule has 0 saturated heterocycles.